The zero-order valence-electron chi connectivity index (χ0n) is 11.0. The highest BCUT2D eigenvalue weighted by molar-refractivity contribution is 5.99. The molecule has 0 spiro atoms. The van der Waals surface area contributed by atoms with Gasteiger partial charge >= 0.3 is 11.9 Å². The molecule has 0 saturated heterocycles. The third kappa shape index (κ3) is 4.70. The molecule has 0 rings (SSSR count). The highest BCUT2D eigenvalue weighted by Crippen LogP contribution is 2.24. The van der Waals surface area contributed by atoms with Crippen LogP contribution in [0, 0.1) is 5.41 Å². The summed E-state index contributed by atoms with van der Waals surface area (Å²) >= 11 is 0. The highest BCUT2D eigenvalue weighted by Gasteiger charge is 2.46. The second-order valence-electron chi connectivity index (χ2n) is 4.87. The zero-order valence-corrected chi connectivity index (χ0v) is 11.0. The van der Waals surface area contributed by atoms with E-state index < -0.39 is 23.0 Å². The van der Waals surface area contributed by atoms with Crippen molar-refractivity contribution in [3.8, 4) is 0 Å². The summed E-state index contributed by atoms with van der Waals surface area (Å²) in [6.07, 6.45) is 0. The third-order valence-corrected chi connectivity index (χ3v) is 1.95. The van der Waals surface area contributed by atoms with Crippen molar-refractivity contribution in [3.63, 3.8) is 0 Å². The summed E-state index contributed by atoms with van der Waals surface area (Å²) < 4.78 is 9.97. The third-order valence-electron chi connectivity index (χ3n) is 1.95. The Hall–Kier alpha value is -1.14. The molecule has 100 valence electrons. The quantitative estimate of drug-likeness (QED) is 0.439. The lowest BCUT2D eigenvalue weighted by atomic mass is 9.91. The van der Waals surface area contributed by atoms with Gasteiger partial charge in [0.05, 0.1) is 13.2 Å². The number of ether oxygens (including phenoxy) is 2. The molecule has 0 aromatic rings. The molecule has 0 aliphatic carbocycles. The van der Waals surface area contributed by atoms with Crippen molar-refractivity contribution in [2.75, 3.05) is 13.2 Å². The Balaban J connectivity index is 4.93. The highest BCUT2D eigenvalue weighted by atomic mass is 16.6. The Morgan fingerprint density at radius 3 is 2.00 bits per heavy atom. The van der Waals surface area contributed by atoms with Gasteiger partial charge in [0.15, 0.2) is 5.41 Å². The van der Waals surface area contributed by atoms with Gasteiger partial charge in [0, 0.05) is 0 Å². The van der Waals surface area contributed by atoms with Crippen molar-refractivity contribution in [1.82, 2.24) is 0 Å². The van der Waals surface area contributed by atoms with Gasteiger partial charge in [-0.2, -0.15) is 0 Å². The SMILES string of the molecule is CCOC(=O)C(C)(CON)C(=O)OC(C)(C)C. The van der Waals surface area contributed by atoms with Crippen molar-refractivity contribution in [2.45, 2.75) is 40.2 Å². The van der Waals surface area contributed by atoms with Crippen molar-refractivity contribution in [2.24, 2.45) is 11.3 Å². The minimum atomic E-state index is -1.54. The largest absolute Gasteiger partial charge is 0.465 e. The average Bonchev–Trinajstić information content (AvgIpc) is 2.15. The summed E-state index contributed by atoms with van der Waals surface area (Å²) in [5, 5.41) is 0. The van der Waals surface area contributed by atoms with Crippen LogP contribution in [0.3, 0.4) is 0 Å². The predicted molar refractivity (Wildman–Crippen MR) is 60.7 cm³/mol. The summed E-state index contributed by atoms with van der Waals surface area (Å²) in [4.78, 5) is 28.1. The molecule has 0 aromatic carbocycles. The van der Waals surface area contributed by atoms with Crippen LogP contribution in [-0.4, -0.2) is 30.8 Å². The molecule has 1 atom stereocenters. The van der Waals surface area contributed by atoms with E-state index in [4.69, 9.17) is 15.4 Å². The average molecular weight is 247 g/mol. The summed E-state index contributed by atoms with van der Waals surface area (Å²) in [5.74, 6) is 3.51. The minimum Gasteiger partial charge on any atom is -0.465 e. The molecule has 1 unspecified atom stereocenters. The van der Waals surface area contributed by atoms with E-state index in [-0.39, 0.29) is 13.2 Å². The Labute approximate surface area is 101 Å². The molecule has 0 bridgehead atoms. The smallest absolute Gasteiger partial charge is 0.326 e. The maximum atomic E-state index is 11.9. The van der Waals surface area contributed by atoms with Gasteiger partial charge in [0.2, 0.25) is 0 Å². The second-order valence-corrected chi connectivity index (χ2v) is 4.87. The number of rotatable bonds is 5. The van der Waals surface area contributed by atoms with Crippen LogP contribution in [-0.2, 0) is 23.9 Å². The van der Waals surface area contributed by atoms with E-state index in [2.05, 4.69) is 4.84 Å². The van der Waals surface area contributed by atoms with Crippen LogP contribution in [0.25, 0.3) is 0 Å². The van der Waals surface area contributed by atoms with Crippen LogP contribution in [0.15, 0.2) is 0 Å². The van der Waals surface area contributed by atoms with E-state index in [0.29, 0.717) is 0 Å². The number of nitrogens with two attached hydrogens (primary N) is 1. The lowest BCUT2D eigenvalue weighted by molar-refractivity contribution is -0.182. The maximum absolute atomic E-state index is 11.9. The molecule has 2 N–H and O–H groups in total. The van der Waals surface area contributed by atoms with E-state index >= 15 is 0 Å². The fourth-order valence-corrected chi connectivity index (χ4v) is 1.05. The molecule has 0 amide bonds. The molecule has 0 aromatic heterocycles. The number of carbonyl (C=O) groups is 2. The monoisotopic (exact) mass is 247 g/mol. The summed E-state index contributed by atoms with van der Waals surface area (Å²) in [7, 11) is 0. The maximum Gasteiger partial charge on any atom is 0.326 e. The first-order valence-electron chi connectivity index (χ1n) is 5.39. The van der Waals surface area contributed by atoms with Crippen molar-refractivity contribution >= 4 is 11.9 Å². The first-order valence-corrected chi connectivity index (χ1v) is 5.39. The van der Waals surface area contributed by atoms with E-state index in [1.54, 1.807) is 27.7 Å². The lowest BCUT2D eigenvalue weighted by Gasteiger charge is -2.28. The van der Waals surface area contributed by atoms with Crippen LogP contribution in [0.5, 0.6) is 0 Å². The van der Waals surface area contributed by atoms with E-state index in [1.165, 1.54) is 6.92 Å². The summed E-state index contributed by atoms with van der Waals surface area (Å²) in [6.45, 7) is 8.03. The molecular weight excluding hydrogens is 226 g/mol. The topological polar surface area (TPSA) is 87.9 Å². The Kier molecular flexibility index (Phi) is 5.57. The van der Waals surface area contributed by atoms with Crippen LogP contribution < -0.4 is 5.90 Å². The van der Waals surface area contributed by atoms with Crippen LogP contribution >= 0.6 is 0 Å². The minimum absolute atomic E-state index is 0.168. The number of hydrogen-bond donors (Lipinski definition) is 1. The Morgan fingerprint density at radius 1 is 1.12 bits per heavy atom. The van der Waals surface area contributed by atoms with Gasteiger partial charge in [-0.05, 0) is 34.6 Å². The van der Waals surface area contributed by atoms with E-state index in [1.807, 2.05) is 0 Å². The first-order chi connectivity index (χ1) is 7.67. The number of esters is 2. The van der Waals surface area contributed by atoms with Gasteiger partial charge in [0.25, 0.3) is 0 Å². The molecule has 17 heavy (non-hydrogen) atoms. The molecule has 6 heteroatoms. The van der Waals surface area contributed by atoms with Crippen molar-refractivity contribution in [3.05, 3.63) is 0 Å². The lowest BCUT2D eigenvalue weighted by Crippen LogP contribution is -2.46. The second kappa shape index (κ2) is 5.97. The molecule has 0 aliphatic rings. The normalized spacial score (nSPS) is 14.9. The standard InChI is InChI=1S/C11H21NO5/c1-6-15-8(13)11(5,7-16-12)9(14)17-10(2,3)4/h6-7,12H2,1-5H3. The first kappa shape index (κ1) is 15.9. The molecular formula is C11H21NO5. The van der Waals surface area contributed by atoms with Gasteiger partial charge in [0.1, 0.15) is 5.60 Å². The molecule has 6 nitrogen and oxygen atoms in total. The van der Waals surface area contributed by atoms with Gasteiger partial charge in [-0.1, -0.05) is 0 Å². The van der Waals surface area contributed by atoms with Gasteiger partial charge in [-0.25, -0.2) is 5.90 Å². The summed E-state index contributed by atoms with van der Waals surface area (Å²) in [5.41, 5.74) is -2.24. The van der Waals surface area contributed by atoms with E-state index in [0.717, 1.165) is 0 Å². The fraction of sp³-hybridized carbons (Fsp3) is 0.818. The predicted octanol–water partition coefficient (Wildman–Crippen LogP) is 0.788. The number of hydrogen-bond acceptors (Lipinski definition) is 6. The molecule has 0 saturated carbocycles. The zero-order chi connectivity index (χ0) is 13.7. The van der Waals surface area contributed by atoms with Gasteiger partial charge < -0.3 is 14.3 Å². The van der Waals surface area contributed by atoms with E-state index in [9.17, 15) is 9.59 Å². The van der Waals surface area contributed by atoms with Crippen molar-refractivity contribution in [1.29, 1.82) is 0 Å². The van der Waals surface area contributed by atoms with Crippen LogP contribution in [0.4, 0.5) is 0 Å². The molecule has 0 fully saturated rings. The fourth-order valence-electron chi connectivity index (χ4n) is 1.05. The Morgan fingerprint density at radius 2 is 1.65 bits per heavy atom. The number of carbonyl (C=O) groups excluding carboxylic acids is 2. The summed E-state index contributed by atoms with van der Waals surface area (Å²) in [6, 6.07) is 0. The molecule has 0 radical (unpaired) electrons. The van der Waals surface area contributed by atoms with Crippen molar-refractivity contribution < 1.29 is 23.9 Å². The van der Waals surface area contributed by atoms with Gasteiger partial charge in [-0.15, -0.1) is 0 Å². The Bertz CT molecular complexity index is 284. The van der Waals surface area contributed by atoms with Crippen LogP contribution in [0.2, 0.25) is 0 Å². The molecule has 0 heterocycles. The molecule has 0 aliphatic heterocycles. The van der Waals surface area contributed by atoms with Gasteiger partial charge in [-0.3, -0.25) is 9.59 Å². The van der Waals surface area contributed by atoms with Crippen LogP contribution in [0.1, 0.15) is 34.6 Å².